The van der Waals surface area contributed by atoms with Crippen LogP contribution in [0.3, 0.4) is 0 Å². The molecule has 0 aliphatic carbocycles. The van der Waals surface area contributed by atoms with Gasteiger partial charge in [0.05, 0.1) is 11.8 Å². The molecule has 2 aromatic heterocycles. The minimum atomic E-state index is -0.383. The predicted molar refractivity (Wildman–Crippen MR) is 52.2 cm³/mol. The summed E-state index contributed by atoms with van der Waals surface area (Å²) in [6, 6.07) is 0. The molecule has 2 aromatic rings. The Balaban J connectivity index is 2.63. The van der Waals surface area contributed by atoms with Crippen LogP contribution in [0.2, 0.25) is 0 Å². The summed E-state index contributed by atoms with van der Waals surface area (Å²) < 4.78 is 1.24. The van der Waals surface area contributed by atoms with Crippen LogP contribution in [0, 0.1) is 0 Å². The smallest absolute Gasteiger partial charge is 0.348 e. The Morgan fingerprint density at radius 3 is 2.86 bits per heavy atom. The summed E-state index contributed by atoms with van der Waals surface area (Å²) in [5.41, 5.74) is 5.56. The first kappa shape index (κ1) is 8.63. The second-order valence-electron chi connectivity index (χ2n) is 2.53. The van der Waals surface area contributed by atoms with Crippen molar-refractivity contribution in [2.75, 3.05) is 0 Å². The maximum Gasteiger partial charge on any atom is 0.348 e. The van der Waals surface area contributed by atoms with E-state index in [0.717, 1.165) is 0 Å². The molecular weight excluding hydrogens is 204 g/mol. The Bertz CT molecular complexity index is 522. The number of aromatic nitrogens is 5. The van der Waals surface area contributed by atoms with Crippen LogP contribution in [0.25, 0.3) is 5.82 Å². The number of nitrogens with one attached hydrogen (secondary N) is 2. The zero-order chi connectivity index (χ0) is 10.1. The quantitative estimate of drug-likeness (QED) is 0.547. The SMILES string of the molecule is NC(=S)c1cn[nH]c1-n1cn[nH]c1=O. The second kappa shape index (κ2) is 3.07. The van der Waals surface area contributed by atoms with Gasteiger partial charge in [0.2, 0.25) is 0 Å². The standard InChI is InChI=1S/C6H6N6OS/c7-4(14)3-1-8-10-5(3)12-2-9-11-6(12)13/h1-2H,(H2,7,14)(H,8,10)(H,11,13). The molecule has 72 valence electrons. The number of aromatic amines is 2. The monoisotopic (exact) mass is 210 g/mol. The maximum atomic E-state index is 11.2. The van der Waals surface area contributed by atoms with Crippen molar-refractivity contribution in [3.8, 4) is 5.82 Å². The van der Waals surface area contributed by atoms with E-state index < -0.39 is 0 Å². The molecule has 8 heteroatoms. The third-order valence-electron chi connectivity index (χ3n) is 1.68. The fraction of sp³-hybridized carbons (Fsp3) is 0. The summed E-state index contributed by atoms with van der Waals surface area (Å²) >= 11 is 4.79. The van der Waals surface area contributed by atoms with Crippen LogP contribution >= 0.6 is 12.2 Å². The van der Waals surface area contributed by atoms with Gasteiger partial charge in [0, 0.05) is 0 Å². The number of thiocarbonyl (C=S) groups is 1. The van der Waals surface area contributed by atoms with Crippen molar-refractivity contribution in [2.45, 2.75) is 0 Å². The summed E-state index contributed by atoms with van der Waals surface area (Å²) in [5.74, 6) is 0.413. The lowest BCUT2D eigenvalue weighted by molar-refractivity contribution is 0.916. The number of hydrogen-bond acceptors (Lipinski definition) is 4. The summed E-state index contributed by atoms with van der Waals surface area (Å²) in [6.07, 6.45) is 2.77. The lowest BCUT2D eigenvalue weighted by Gasteiger charge is -1.98. The van der Waals surface area contributed by atoms with E-state index in [9.17, 15) is 4.79 Å². The maximum absolute atomic E-state index is 11.2. The molecule has 0 amide bonds. The van der Waals surface area contributed by atoms with Crippen LogP contribution in [0.5, 0.6) is 0 Å². The molecule has 0 aromatic carbocycles. The highest BCUT2D eigenvalue weighted by Gasteiger charge is 2.11. The van der Waals surface area contributed by atoms with Crippen LogP contribution in [-0.2, 0) is 0 Å². The van der Waals surface area contributed by atoms with Crippen molar-refractivity contribution >= 4 is 17.2 Å². The van der Waals surface area contributed by atoms with Gasteiger partial charge in [-0.2, -0.15) is 10.2 Å². The highest BCUT2D eigenvalue weighted by molar-refractivity contribution is 7.80. The summed E-state index contributed by atoms with van der Waals surface area (Å²) in [5, 5.41) is 12.2. The van der Waals surface area contributed by atoms with Gasteiger partial charge in [-0.15, -0.1) is 0 Å². The van der Waals surface area contributed by atoms with Gasteiger partial charge in [-0.3, -0.25) is 5.10 Å². The molecule has 2 heterocycles. The molecule has 0 spiro atoms. The van der Waals surface area contributed by atoms with Crippen molar-refractivity contribution in [3.63, 3.8) is 0 Å². The molecule has 4 N–H and O–H groups in total. The molecule has 0 atom stereocenters. The molecule has 0 radical (unpaired) electrons. The topological polar surface area (TPSA) is 105 Å². The van der Waals surface area contributed by atoms with Crippen molar-refractivity contribution < 1.29 is 0 Å². The highest BCUT2D eigenvalue weighted by Crippen LogP contribution is 2.06. The predicted octanol–water partition coefficient (Wildman–Crippen LogP) is -1.08. The number of H-pyrrole nitrogens is 2. The van der Waals surface area contributed by atoms with Gasteiger partial charge >= 0.3 is 5.69 Å². The first-order valence-corrected chi connectivity index (χ1v) is 4.06. The van der Waals surface area contributed by atoms with E-state index in [1.165, 1.54) is 17.1 Å². The summed E-state index contributed by atoms with van der Waals surface area (Å²) in [7, 11) is 0. The molecule has 7 nitrogen and oxygen atoms in total. The molecule has 2 rings (SSSR count). The molecule has 0 saturated carbocycles. The van der Waals surface area contributed by atoms with Gasteiger partial charge < -0.3 is 5.73 Å². The van der Waals surface area contributed by atoms with Crippen LogP contribution in [0.4, 0.5) is 0 Å². The van der Waals surface area contributed by atoms with Gasteiger partial charge in [0.15, 0.2) is 0 Å². The normalized spacial score (nSPS) is 10.3. The van der Waals surface area contributed by atoms with Crippen LogP contribution in [0.1, 0.15) is 5.56 Å². The third-order valence-corrected chi connectivity index (χ3v) is 1.90. The minimum absolute atomic E-state index is 0.168. The van der Waals surface area contributed by atoms with Gasteiger partial charge in [-0.05, 0) is 0 Å². The average molecular weight is 210 g/mol. The third kappa shape index (κ3) is 1.21. The lowest BCUT2D eigenvalue weighted by Crippen LogP contribution is -2.19. The van der Waals surface area contributed by atoms with Gasteiger partial charge in [0.25, 0.3) is 0 Å². The van der Waals surface area contributed by atoms with E-state index in [0.29, 0.717) is 11.4 Å². The zero-order valence-electron chi connectivity index (χ0n) is 6.89. The Kier molecular flexibility index (Phi) is 1.89. The Labute approximate surface area is 82.9 Å². The first-order valence-electron chi connectivity index (χ1n) is 3.65. The first-order chi connectivity index (χ1) is 6.70. The molecule has 14 heavy (non-hydrogen) atoms. The van der Waals surface area contributed by atoms with E-state index in [-0.39, 0.29) is 10.7 Å². The molecule has 0 aliphatic rings. The van der Waals surface area contributed by atoms with Gasteiger partial charge in [-0.1, -0.05) is 12.2 Å². The largest absolute Gasteiger partial charge is 0.389 e. The molecular formula is C6H6N6OS. The molecule has 0 unspecified atom stereocenters. The number of nitrogens with two attached hydrogens (primary N) is 1. The molecule has 0 fully saturated rings. The van der Waals surface area contributed by atoms with E-state index in [1.807, 2.05) is 0 Å². The van der Waals surface area contributed by atoms with E-state index >= 15 is 0 Å². The van der Waals surface area contributed by atoms with E-state index in [4.69, 9.17) is 18.0 Å². The summed E-state index contributed by atoms with van der Waals surface area (Å²) in [6.45, 7) is 0. The van der Waals surface area contributed by atoms with Crippen molar-refractivity contribution in [1.82, 2.24) is 25.0 Å². The minimum Gasteiger partial charge on any atom is -0.389 e. The summed E-state index contributed by atoms with van der Waals surface area (Å²) in [4.78, 5) is 11.4. The Hall–Kier alpha value is -1.96. The molecule has 0 bridgehead atoms. The second-order valence-corrected chi connectivity index (χ2v) is 2.97. The van der Waals surface area contributed by atoms with Gasteiger partial charge in [0.1, 0.15) is 17.1 Å². The Morgan fingerprint density at radius 2 is 2.29 bits per heavy atom. The fourth-order valence-corrected chi connectivity index (χ4v) is 1.20. The Morgan fingerprint density at radius 1 is 1.50 bits per heavy atom. The van der Waals surface area contributed by atoms with E-state index in [2.05, 4.69) is 20.4 Å². The highest BCUT2D eigenvalue weighted by atomic mass is 32.1. The van der Waals surface area contributed by atoms with Crippen LogP contribution in [-0.4, -0.2) is 30.0 Å². The van der Waals surface area contributed by atoms with Crippen LogP contribution in [0.15, 0.2) is 17.3 Å². The van der Waals surface area contributed by atoms with E-state index in [1.54, 1.807) is 0 Å². The van der Waals surface area contributed by atoms with Gasteiger partial charge in [-0.25, -0.2) is 14.5 Å². The number of nitrogens with zero attached hydrogens (tertiary/aromatic N) is 3. The molecule has 0 saturated heterocycles. The average Bonchev–Trinajstić information content (AvgIpc) is 2.70. The van der Waals surface area contributed by atoms with Crippen molar-refractivity contribution in [1.29, 1.82) is 0 Å². The van der Waals surface area contributed by atoms with Crippen LogP contribution < -0.4 is 11.4 Å². The molecule has 0 aliphatic heterocycles. The number of rotatable bonds is 2. The number of hydrogen-bond donors (Lipinski definition) is 3. The van der Waals surface area contributed by atoms with Crippen molar-refractivity contribution in [3.05, 3.63) is 28.6 Å². The van der Waals surface area contributed by atoms with Crippen molar-refractivity contribution in [2.24, 2.45) is 5.73 Å². The fourth-order valence-electron chi connectivity index (χ4n) is 1.05. The zero-order valence-corrected chi connectivity index (χ0v) is 7.71. The lowest BCUT2D eigenvalue weighted by atomic mass is 10.3.